The van der Waals surface area contributed by atoms with E-state index in [0.717, 1.165) is 19.6 Å². The predicted octanol–water partition coefficient (Wildman–Crippen LogP) is 1.70. The highest BCUT2D eigenvalue weighted by Gasteiger charge is 2.16. The molecule has 1 fully saturated rings. The van der Waals surface area contributed by atoms with Crippen molar-refractivity contribution in [2.75, 3.05) is 38.5 Å². The smallest absolute Gasteiger partial charge is 0.238 e. The number of halogens is 1. The molecule has 0 aliphatic carbocycles. The summed E-state index contributed by atoms with van der Waals surface area (Å²) in [6.45, 7) is 3.44. The Bertz CT molecular complexity index is 429. The van der Waals surface area contributed by atoms with Crippen LogP contribution < -0.4 is 10.6 Å². The molecule has 0 spiro atoms. The molecule has 1 heterocycles. The number of piperidine rings is 1. The molecule has 0 bridgehead atoms. The first-order chi connectivity index (χ1) is 9.63. The van der Waals surface area contributed by atoms with Crippen LogP contribution in [0.5, 0.6) is 0 Å². The average molecular weight is 279 g/mol. The van der Waals surface area contributed by atoms with Gasteiger partial charge in [0.05, 0.1) is 6.54 Å². The van der Waals surface area contributed by atoms with E-state index < -0.39 is 0 Å². The van der Waals surface area contributed by atoms with Crippen molar-refractivity contribution in [3.8, 4) is 0 Å². The van der Waals surface area contributed by atoms with Crippen LogP contribution in [0.25, 0.3) is 0 Å². The van der Waals surface area contributed by atoms with Gasteiger partial charge in [0, 0.05) is 12.2 Å². The van der Waals surface area contributed by atoms with Gasteiger partial charge in [-0.05, 0) is 63.2 Å². The van der Waals surface area contributed by atoms with Crippen molar-refractivity contribution < 1.29 is 9.18 Å². The van der Waals surface area contributed by atoms with Gasteiger partial charge in [-0.1, -0.05) is 0 Å². The number of amides is 1. The summed E-state index contributed by atoms with van der Waals surface area (Å²) in [6, 6.07) is 5.82. The number of carbonyl (C=O) groups is 1. The lowest BCUT2D eigenvalue weighted by Crippen LogP contribution is -2.37. The third-order valence-electron chi connectivity index (χ3n) is 3.57. The third-order valence-corrected chi connectivity index (χ3v) is 3.57. The zero-order valence-electron chi connectivity index (χ0n) is 11.9. The topological polar surface area (TPSA) is 44.4 Å². The number of carbonyl (C=O) groups excluding carboxylic acids is 1. The van der Waals surface area contributed by atoms with Crippen molar-refractivity contribution in [1.82, 2.24) is 10.2 Å². The van der Waals surface area contributed by atoms with Crippen LogP contribution in [0, 0.1) is 11.7 Å². The Balaban J connectivity index is 1.74. The average Bonchev–Trinajstić information content (AvgIpc) is 2.42. The summed E-state index contributed by atoms with van der Waals surface area (Å²) in [7, 11) is 1.96. The molecular weight excluding hydrogens is 257 g/mol. The first kappa shape index (κ1) is 14.9. The Morgan fingerprint density at radius 1 is 1.35 bits per heavy atom. The Hall–Kier alpha value is -1.46. The van der Waals surface area contributed by atoms with Gasteiger partial charge in [-0.15, -0.1) is 0 Å². The van der Waals surface area contributed by atoms with E-state index in [0.29, 0.717) is 18.2 Å². The van der Waals surface area contributed by atoms with E-state index in [4.69, 9.17) is 0 Å². The second-order valence-corrected chi connectivity index (χ2v) is 5.45. The molecule has 1 aromatic carbocycles. The summed E-state index contributed by atoms with van der Waals surface area (Å²) < 4.78 is 12.8. The van der Waals surface area contributed by atoms with Gasteiger partial charge < -0.3 is 10.6 Å². The fourth-order valence-corrected chi connectivity index (χ4v) is 2.55. The molecule has 1 aliphatic rings. The van der Waals surface area contributed by atoms with E-state index >= 15 is 0 Å². The largest absolute Gasteiger partial charge is 0.325 e. The minimum Gasteiger partial charge on any atom is -0.325 e. The Morgan fingerprint density at radius 3 is 2.65 bits per heavy atom. The van der Waals surface area contributed by atoms with E-state index in [2.05, 4.69) is 15.5 Å². The zero-order valence-corrected chi connectivity index (χ0v) is 11.9. The number of nitrogens with zero attached hydrogens (tertiary/aromatic N) is 1. The lowest BCUT2D eigenvalue weighted by Gasteiger charge is -2.27. The van der Waals surface area contributed by atoms with Gasteiger partial charge in [-0.2, -0.15) is 0 Å². The van der Waals surface area contributed by atoms with Crippen molar-refractivity contribution in [2.45, 2.75) is 12.8 Å². The number of nitrogens with one attached hydrogen (secondary N) is 2. The molecule has 0 radical (unpaired) electrons. The molecule has 1 amide bonds. The molecule has 2 rings (SSSR count). The van der Waals surface area contributed by atoms with Gasteiger partial charge in [-0.3, -0.25) is 9.69 Å². The summed E-state index contributed by atoms with van der Waals surface area (Å²) in [4.78, 5) is 13.9. The predicted molar refractivity (Wildman–Crippen MR) is 78.1 cm³/mol. The molecule has 1 aromatic rings. The lowest BCUT2D eigenvalue weighted by molar-refractivity contribution is -0.117. The van der Waals surface area contributed by atoms with Crippen molar-refractivity contribution in [3.63, 3.8) is 0 Å². The van der Waals surface area contributed by atoms with Crippen LogP contribution in [-0.2, 0) is 4.79 Å². The Labute approximate surface area is 119 Å². The van der Waals surface area contributed by atoms with E-state index in [1.165, 1.54) is 25.0 Å². The number of benzene rings is 1. The number of hydrogen-bond donors (Lipinski definition) is 2. The van der Waals surface area contributed by atoms with E-state index in [1.54, 1.807) is 12.1 Å². The van der Waals surface area contributed by atoms with Crippen LogP contribution in [-0.4, -0.2) is 44.0 Å². The number of hydrogen-bond acceptors (Lipinski definition) is 3. The molecule has 0 aromatic heterocycles. The molecule has 0 saturated carbocycles. The second-order valence-electron chi connectivity index (χ2n) is 5.45. The van der Waals surface area contributed by atoms with Crippen molar-refractivity contribution in [1.29, 1.82) is 0 Å². The highest BCUT2D eigenvalue weighted by Crippen LogP contribution is 2.13. The number of likely N-dealkylation sites (N-methyl/N-ethyl adjacent to an activating group) is 1. The molecule has 0 unspecified atom stereocenters. The van der Waals surface area contributed by atoms with Crippen LogP contribution in [0.15, 0.2) is 24.3 Å². The van der Waals surface area contributed by atoms with E-state index in [9.17, 15) is 9.18 Å². The van der Waals surface area contributed by atoms with E-state index in [1.807, 2.05) is 7.05 Å². The Kier molecular flexibility index (Phi) is 5.49. The highest BCUT2D eigenvalue weighted by atomic mass is 19.1. The first-order valence-corrected chi connectivity index (χ1v) is 7.08. The SMILES string of the molecule is CN(CC(=O)Nc1ccc(F)cc1)CC1CCNCC1. The fraction of sp³-hybridized carbons (Fsp3) is 0.533. The molecule has 5 heteroatoms. The molecule has 2 N–H and O–H groups in total. The Morgan fingerprint density at radius 2 is 2.00 bits per heavy atom. The van der Waals surface area contributed by atoms with Crippen molar-refractivity contribution in [2.24, 2.45) is 5.92 Å². The summed E-state index contributed by atoms with van der Waals surface area (Å²) >= 11 is 0. The zero-order chi connectivity index (χ0) is 14.4. The molecule has 4 nitrogen and oxygen atoms in total. The monoisotopic (exact) mass is 279 g/mol. The van der Waals surface area contributed by atoms with Gasteiger partial charge in [0.25, 0.3) is 0 Å². The fourth-order valence-electron chi connectivity index (χ4n) is 2.55. The van der Waals surface area contributed by atoms with Gasteiger partial charge in [0.1, 0.15) is 5.82 Å². The highest BCUT2D eigenvalue weighted by molar-refractivity contribution is 5.92. The second kappa shape index (κ2) is 7.36. The normalized spacial score (nSPS) is 16.4. The quantitative estimate of drug-likeness (QED) is 0.862. The minimum absolute atomic E-state index is 0.0620. The van der Waals surface area contributed by atoms with Gasteiger partial charge >= 0.3 is 0 Å². The minimum atomic E-state index is -0.300. The molecule has 110 valence electrons. The summed E-state index contributed by atoms with van der Waals surface area (Å²) in [5, 5.41) is 6.12. The molecule has 1 aliphatic heterocycles. The summed E-state index contributed by atoms with van der Waals surface area (Å²) in [5.74, 6) is 0.305. The lowest BCUT2D eigenvalue weighted by atomic mass is 9.98. The maximum Gasteiger partial charge on any atom is 0.238 e. The summed E-state index contributed by atoms with van der Waals surface area (Å²) in [5.41, 5.74) is 0.631. The standard InChI is InChI=1S/C15H22FN3O/c1-19(10-12-6-8-17-9-7-12)11-15(20)18-14-4-2-13(16)3-5-14/h2-5,12,17H,6-11H2,1H3,(H,18,20). The van der Waals surface area contributed by atoms with Crippen LogP contribution >= 0.6 is 0 Å². The molecule has 0 atom stereocenters. The van der Waals surface area contributed by atoms with Crippen molar-refractivity contribution in [3.05, 3.63) is 30.1 Å². The first-order valence-electron chi connectivity index (χ1n) is 7.08. The maximum atomic E-state index is 12.8. The molecule has 20 heavy (non-hydrogen) atoms. The van der Waals surface area contributed by atoms with Crippen LogP contribution in [0.2, 0.25) is 0 Å². The van der Waals surface area contributed by atoms with Crippen LogP contribution in [0.3, 0.4) is 0 Å². The van der Waals surface area contributed by atoms with Crippen LogP contribution in [0.4, 0.5) is 10.1 Å². The van der Waals surface area contributed by atoms with Gasteiger partial charge in [0.15, 0.2) is 0 Å². The van der Waals surface area contributed by atoms with E-state index in [-0.39, 0.29) is 11.7 Å². The van der Waals surface area contributed by atoms with Crippen molar-refractivity contribution >= 4 is 11.6 Å². The maximum absolute atomic E-state index is 12.8. The van der Waals surface area contributed by atoms with Crippen LogP contribution in [0.1, 0.15) is 12.8 Å². The summed E-state index contributed by atoms with van der Waals surface area (Å²) in [6.07, 6.45) is 2.34. The number of anilines is 1. The number of rotatable bonds is 5. The molecule has 1 saturated heterocycles. The van der Waals surface area contributed by atoms with Gasteiger partial charge in [0.2, 0.25) is 5.91 Å². The molecular formula is C15H22FN3O. The third kappa shape index (κ3) is 4.90. The van der Waals surface area contributed by atoms with Gasteiger partial charge in [-0.25, -0.2) is 4.39 Å².